The molecule has 26 heavy (non-hydrogen) atoms. The first-order valence-corrected chi connectivity index (χ1v) is 9.23. The molecule has 1 aromatic heterocycles. The van der Waals surface area contributed by atoms with Gasteiger partial charge in [0, 0.05) is 11.3 Å². The molecule has 2 N–H and O–H groups in total. The maximum atomic E-state index is 12.5. The molecule has 0 aliphatic rings. The molecule has 0 spiro atoms. The molecule has 3 rings (SSSR count). The quantitative estimate of drug-likeness (QED) is 0.629. The van der Waals surface area contributed by atoms with Crippen molar-refractivity contribution >= 4 is 13.2 Å². The molecule has 0 saturated carbocycles. The summed E-state index contributed by atoms with van der Waals surface area (Å²) in [4.78, 5) is 10.1. The van der Waals surface area contributed by atoms with E-state index >= 15 is 0 Å². The van der Waals surface area contributed by atoms with Crippen LogP contribution in [0.25, 0.3) is 11.5 Å². The van der Waals surface area contributed by atoms with Crippen LogP contribution in [0.1, 0.15) is 11.5 Å². The summed E-state index contributed by atoms with van der Waals surface area (Å²) < 4.78 is 54.3. The Morgan fingerprint density at radius 2 is 1.69 bits per heavy atom. The highest BCUT2D eigenvalue weighted by Crippen LogP contribution is 2.44. The third-order valence-electron chi connectivity index (χ3n) is 3.34. The van der Waals surface area contributed by atoms with Crippen molar-refractivity contribution < 1.29 is 27.0 Å². The summed E-state index contributed by atoms with van der Waals surface area (Å²) in [6.45, 7) is 0. The van der Waals surface area contributed by atoms with Crippen LogP contribution < -0.4 is 5.09 Å². The van der Waals surface area contributed by atoms with E-state index in [1.165, 1.54) is 24.3 Å². The summed E-state index contributed by atoms with van der Waals surface area (Å²) in [5.41, 5.74) is 1.32. The molecule has 0 aliphatic heterocycles. The van der Waals surface area contributed by atoms with Gasteiger partial charge in [0.15, 0.2) is 0 Å². The van der Waals surface area contributed by atoms with Crippen LogP contribution in [0.5, 0.6) is 0 Å². The number of alkyl halides is 3. The molecule has 10 heteroatoms. The van der Waals surface area contributed by atoms with Gasteiger partial charge in [-0.05, 0) is 29.8 Å². The van der Waals surface area contributed by atoms with Gasteiger partial charge in [0.1, 0.15) is 0 Å². The van der Waals surface area contributed by atoms with Gasteiger partial charge in [0.2, 0.25) is 5.89 Å². The number of hydrogen-bond donors (Lipinski definition) is 2. The lowest BCUT2D eigenvalue weighted by Gasteiger charge is -2.14. The molecule has 6 nitrogen and oxygen atoms in total. The minimum absolute atomic E-state index is 0.153. The van der Waals surface area contributed by atoms with E-state index in [9.17, 15) is 22.6 Å². The second kappa shape index (κ2) is 6.93. The first-order valence-electron chi connectivity index (χ1n) is 7.38. The molecule has 1 unspecified atom stereocenters. The molecular formula is C16H13F3N3O3P. The lowest BCUT2D eigenvalue weighted by molar-refractivity contribution is -0.156. The van der Waals surface area contributed by atoms with E-state index in [-0.39, 0.29) is 17.6 Å². The van der Waals surface area contributed by atoms with E-state index in [1.807, 2.05) is 0 Å². The van der Waals surface area contributed by atoms with Crippen LogP contribution in [0.2, 0.25) is 0 Å². The number of hydrogen-bond acceptors (Lipinski definition) is 4. The zero-order valence-corrected chi connectivity index (χ0v) is 14.0. The predicted molar refractivity (Wildman–Crippen MR) is 88.3 cm³/mol. The van der Waals surface area contributed by atoms with Crippen LogP contribution in [-0.2, 0) is 16.9 Å². The number of nitrogens with zero attached hydrogens (tertiary/aromatic N) is 2. The maximum absolute atomic E-state index is 12.5. The molecule has 0 amide bonds. The summed E-state index contributed by atoms with van der Waals surface area (Å²) in [5.74, 6) is -1.71. The van der Waals surface area contributed by atoms with Crippen molar-refractivity contribution in [1.29, 1.82) is 0 Å². The minimum Gasteiger partial charge on any atom is -0.413 e. The van der Waals surface area contributed by atoms with E-state index in [1.54, 1.807) is 30.3 Å². The number of benzene rings is 2. The lowest BCUT2D eigenvalue weighted by Crippen LogP contribution is -2.04. The molecule has 3 aromatic rings. The van der Waals surface area contributed by atoms with Gasteiger partial charge in [-0.3, -0.25) is 4.57 Å². The molecule has 0 saturated heterocycles. The average molecular weight is 383 g/mol. The van der Waals surface area contributed by atoms with Crippen LogP contribution in [-0.4, -0.2) is 15.1 Å². The highest BCUT2D eigenvalue weighted by molar-refractivity contribution is 7.58. The SMILES string of the molecule is O=P(O)(Cc1ccc(-c2nnc(C(F)(F)F)o2)cc1)Nc1ccccc1. The monoisotopic (exact) mass is 383 g/mol. The molecule has 0 fully saturated rings. The Kier molecular flexibility index (Phi) is 4.84. The summed E-state index contributed by atoms with van der Waals surface area (Å²) in [5, 5.41) is 8.89. The Hall–Kier alpha value is -2.64. The second-order valence-corrected chi connectivity index (χ2v) is 7.39. The fourth-order valence-electron chi connectivity index (χ4n) is 2.21. The van der Waals surface area contributed by atoms with Gasteiger partial charge in [0.05, 0.1) is 6.16 Å². The standard InChI is InChI=1S/C16H13F3N3O3P/c17-16(18,19)15-21-20-14(25-15)12-8-6-11(7-9-12)10-26(23,24)22-13-4-2-1-3-5-13/h1-9H,10H2,(H2,22,23,24). The van der Waals surface area contributed by atoms with Crippen LogP contribution in [0, 0.1) is 0 Å². The van der Waals surface area contributed by atoms with Crippen molar-refractivity contribution in [3.63, 3.8) is 0 Å². The van der Waals surface area contributed by atoms with Gasteiger partial charge < -0.3 is 14.4 Å². The fourth-order valence-corrected chi connectivity index (χ4v) is 3.55. The van der Waals surface area contributed by atoms with Gasteiger partial charge in [0.25, 0.3) is 7.52 Å². The van der Waals surface area contributed by atoms with Crippen LogP contribution in [0.15, 0.2) is 59.0 Å². The summed E-state index contributed by atoms with van der Waals surface area (Å²) in [7, 11) is -3.69. The highest BCUT2D eigenvalue weighted by atomic mass is 31.2. The van der Waals surface area contributed by atoms with Gasteiger partial charge in [-0.1, -0.05) is 30.3 Å². The number of aromatic nitrogens is 2. The average Bonchev–Trinajstić information content (AvgIpc) is 3.06. The summed E-state index contributed by atoms with van der Waals surface area (Å²) in [6, 6.07) is 14.5. The molecule has 136 valence electrons. The molecular weight excluding hydrogens is 370 g/mol. The van der Waals surface area contributed by atoms with Crippen molar-refractivity contribution in [2.75, 3.05) is 5.09 Å². The Morgan fingerprint density at radius 3 is 2.27 bits per heavy atom. The van der Waals surface area contributed by atoms with E-state index in [0.29, 0.717) is 11.3 Å². The van der Waals surface area contributed by atoms with Gasteiger partial charge in [-0.15, -0.1) is 10.2 Å². The van der Waals surface area contributed by atoms with Crippen molar-refractivity contribution in [3.8, 4) is 11.5 Å². The second-order valence-electron chi connectivity index (χ2n) is 5.44. The van der Waals surface area contributed by atoms with E-state index in [0.717, 1.165) is 0 Å². The van der Waals surface area contributed by atoms with Crippen LogP contribution in [0.3, 0.4) is 0 Å². The maximum Gasteiger partial charge on any atom is 0.470 e. The highest BCUT2D eigenvalue weighted by Gasteiger charge is 2.38. The molecule has 1 heterocycles. The number of halogens is 3. The molecule has 0 aliphatic carbocycles. The third kappa shape index (κ3) is 4.50. The van der Waals surface area contributed by atoms with Crippen molar-refractivity contribution in [3.05, 3.63) is 66.1 Å². The van der Waals surface area contributed by atoms with Gasteiger partial charge in [-0.2, -0.15) is 13.2 Å². The Labute approximate surface area is 146 Å². The Bertz CT molecular complexity index is 927. The molecule has 2 aromatic carbocycles. The number of rotatable bonds is 5. The first-order chi connectivity index (χ1) is 12.2. The van der Waals surface area contributed by atoms with E-state index in [4.69, 9.17) is 0 Å². The number of nitrogens with one attached hydrogen (secondary N) is 1. The van der Waals surface area contributed by atoms with Crippen molar-refractivity contribution in [1.82, 2.24) is 10.2 Å². The van der Waals surface area contributed by atoms with Crippen molar-refractivity contribution in [2.24, 2.45) is 0 Å². The van der Waals surface area contributed by atoms with E-state index < -0.39 is 19.6 Å². The zero-order valence-electron chi connectivity index (χ0n) is 13.1. The van der Waals surface area contributed by atoms with Crippen LogP contribution in [0.4, 0.5) is 18.9 Å². The predicted octanol–water partition coefficient (Wildman–Crippen LogP) is 4.55. The Morgan fingerprint density at radius 1 is 1.04 bits per heavy atom. The number of para-hydroxylation sites is 1. The Balaban J connectivity index is 1.71. The third-order valence-corrected chi connectivity index (χ3v) is 4.74. The molecule has 1 atom stereocenters. The lowest BCUT2D eigenvalue weighted by atomic mass is 10.1. The normalized spacial score (nSPS) is 14.0. The zero-order chi connectivity index (χ0) is 18.8. The minimum atomic E-state index is -4.71. The molecule has 0 radical (unpaired) electrons. The first kappa shape index (κ1) is 18.2. The smallest absolute Gasteiger partial charge is 0.413 e. The van der Waals surface area contributed by atoms with Gasteiger partial charge >= 0.3 is 12.1 Å². The summed E-state index contributed by atoms with van der Waals surface area (Å²) >= 11 is 0. The molecule has 0 bridgehead atoms. The van der Waals surface area contributed by atoms with Crippen LogP contribution >= 0.6 is 7.52 Å². The fraction of sp³-hybridized carbons (Fsp3) is 0.125. The topological polar surface area (TPSA) is 88.2 Å². The van der Waals surface area contributed by atoms with Gasteiger partial charge in [-0.25, -0.2) is 0 Å². The van der Waals surface area contributed by atoms with Crippen molar-refractivity contribution in [2.45, 2.75) is 12.3 Å². The number of anilines is 1. The largest absolute Gasteiger partial charge is 0.470 e. The summed E-state index contributed by atoms with van der Waals surface area (Å²) in [6.07, 6.45) is -4.86. The van der Waals surface area contributed by atoms with E-state index in [2.05, 4.69) is 19.7 Å².